The summed E-state index contributed by atoms with van der Waals surface area (Å²) < 4.78 is 5.65. The molecule has 0 radical (unpaired) electrons. The van der Waals surface area contributed by atoms with Crippen molar-refractivity contribution in [3.05, 3.63) is 0 Å². The van der Waals surface area contributed by atoms with Gasteiger partial charge in [0.05, 0.1) is 0 Å². The maximum atomic E-state index is 5.65. The van der Waals surface area contributed by atoms with Crippen molar-refractivity contribution in [3.8, 4) is 0 Å². The van der Waals surface area contributed by atoms with Crippen molar-refractivity contribution in [1.29, 1.82) is 0 Å². The Morgan fingerprint density at radius 3 is 2.46 bits per heavy atom. The van der Waals surface area contributed by atoms with Crippen LogP contribution in [0.25, 0.3) is 0 Å². The summed E-state index contributed by atoms with van der Waals surface area (Å²) in [5, 5.41) is 3.56. The van der Waals surface area contributed by atoms with Crippen LogP contribution in [0.5, 0.6) is 0 Å². The molecule has 3 aliphatic rings. The van der Waals surface area contributed by atoms with Gasteiger partial charge in [0.15, 0.2) is 5.96 Å². The van der Waals surface area contributed by atoms with Gasteiger partial charge in [0.1, 0.15) is 0 Å². The zero-order valence-corrected chi connectivity index (χ0v) is 15.9. The summed E-state index contributed by atoms with van der Waals surface area (Å²) >= 11 is 0. The number of aliphatic imine (C=N–C) groups is 1. The number of nitrogens with zero attached hydrogens (tertiary/aromatic N) is 2. The second kappa shape index (κ2) is 8.07. The molecule has 1 spiro atoms. The predicted octanol–water partition coefficient (Wildman–Crippen LogP) is 3.81. The fraction of sp³-hybridized carbons (Fsp3) is 0.950. The van der Waals surface area contributed by atoms with Crippen LogP contribution in [0.4, 0.5) is 0 Å². The van der Waals surface area contributed by atoms with E-state index >= 15 is 0 Å². The number of nitrogens with one attached hydrogen (secondary N) is 1. The van der Waals surface area contributed by atoms with E-state index in [1.165, 1.54) is 76.8 Å². The SMILES string of the molecule is CCNC(=NCC1(CCOCC)CCCC1)N1CCC2(CCC2)C1. The van der Waals surface area contributed by atoms with Crippen LogP contribution in [0, 0.1) is 10.8 Å². The Morgan fingerprint density at radius 2 is 1.88 bits per heavy atom. The number of guanidine groups is 1. The van der Waals surface area contributed by atoms with Crippen LogP contribution in [0.2, 0.25) is 0 Å². The van der Waals surface area contributed by atoms with Gasteiger partial charge >= 0.3 is 0 Å². The normalized spacial score (nSPS) is 25.2. The van der Waals surface area contributed by atoms with Crippen LogP contribution in [-0.4, -0.2) is 50.3 Å². The van der Waals surface area contributed by atoms with Gasteiger partial charge in [-0.2, -0.15) is 0 Å². The molecule has 1 saturated heterocycles. The minimum atomic E-state index is 0.393. The van der Waals surface area contributed by atoms with Gasteiger partial charge in [-0.3, -0.25) is 4.99 Å². The summed E-state index contributed by atoms with van der Waals surface area (Å²) in [6.45, 7) is 10.4. The minimum Gasteiger partial charge on any atom is -0.382 e. The number of ether oxygens (including phenoxy) is 1. The lowest BCUT2D eigenvalue weighted by Gasteiger charge is -2.38. The zero-order valence-electron chi connectivity index (χ0n) is 15.9. The van der Waals surface area contributed by atoms with Crippen LogP contribution >= 0.6 is 0 Å². The highest BCUT2D eigenvalue weighted by atomic mass is 16.5. The molecule has 0 amide bonds. The molecule has 24 heavy (non-hydrogen) atoms. The summed E-state index contributed by atoms with van der Waals surface area (Å²) in [5.74, 6) is 1.17. The lowest BCUT2D eigenvalue weighted by Crippen LogP contribution is -2.43. The maximum Gasteiger partial charge on any atom is 0.193 e. The van der Waals surface area contributed by atoms with E-state index in [2.05, 4.69) is 24.1 Å². The Labute approximate surface area is 148 Å². The van der Waals surface area contributed by atoms with Gasteiger partial charge in [0.2, 0.25) is 0 Å². The van der Waals surface area contributed by atoms with Crippen molar-refractivity contribution in [2.75, 3.05) is 39.4 Å². The topological polar surface area (TPSA) is 36.9 Å². The van der Waals surface area contributed by atoms with Gasteiger partial charge < -0.3 is 15.0 Å². The molecule has 0 atom stereocenters. The molecule has 1 N–H and O–H groups in total. The molecule has 0 aromatic carbocycles. The van der Waals surface area contributed by atoms with E-state index < -0.39 is 0 Å². The van der Waals surface area contributed by atoms with Crippen LogP contribution in [0.15, 0.2) is 4.99 Å². The highest BCUT2D eigenvalue weighted by molar-refractivity contribution is 5.80. The molecule has 3 rings (SSSR count). The van der Waals surface area contributed by atoms with Gasteiger partial charge in [-0.15, -0.1) is 0 Å². The van der Waals surface area contributed by atoms with Gasteiger partial charge in [-0.1, -0.05) is 19.3 Å². The van der Waals surface area contributed by atoms with Crippen molar-refractivity contribution in [2.45, 2.75) is 71.6 Å². The third-order valence-electron chi connectivity index (χ3n) is 6.70. The van der Waals surface area contributed by atoms with Gasteiger partial charge in [-0.05, 0) is 63.2 Å². The fourth-order valence-electron chi connectivity index (χ4n) is 4.91. The van der Waals surface area contributed by atoms with Crippen LogP contribution in [0.1, 0.15) is 71.6 Å². The van der Waals surface area contributed by atoms with Crippen molar-refractivity contribution < 1.29 is 4.74 Å². The van der Waals surface area contributed by atoms with Crippen molar-refractivity contribution in [3.63, 3.8) is 0 Å². The molecular weight excluding hydrogens is 298 g/mol. The third-order valence-corrected chi connectivity index (χ3v) is 6.70. The predicted molar refractivity (Wildman–Crippen MR) is 100 cm³/mol. The monoisotopic (exact) mass is 335 g/mol. The van der Waals surface area contributed by atoms with Crippen LogP contribution < -0.4 is 5.32 Å². The largest absolute Gasteiger partial charge is 0.382 e. The van der Waals surface area contributed by atoms with Gasteiger partial charge in [0.25, 0.3) is 0 Å². The van der Waals surface area contributed by atoms with E-state index in [4.69, 9.17) is 9.73 Å². The minimum absolute atomic E-state index is 0.393. The molecule has 0 unspecified atom stereocenters. The first-order chi connectivity index (χ1) is 11.7. The second-order valence-electron chi connectivity index (χ2n) is 8.35. The Bertz CT molecular complexity index is 425. The molecule has 0 aromatic rings. The van der Waals surface area contributed by atoms with E-state index in [1.54, 1.807) is 0 Å². The lowest BCUT2D eigenvalue weighted by molar-refractivity contribution is 0.107. The number of rotatable bonds is 7. The highest BCUT2D eigenvalue weighted by Crippen LogP contribution is 2.48. The molecule has 4 nitrogen and oxygen atoms in total. The lowest BCUT2D eigenvalue weighted by atomic mass is 9.68. The molecule has 3 fully saturated rings. The van der Waals surface area contributed by atoms with E-state index in [-0.39, 0.29) is 0 Å². The van der Waals surface area contributed by atoms with Crippen molar-refractivity contribution in [2.24, 2.45) is 15.8 Å². The quantitative estimate of drug-likeness (QED) is 0.437. The Hall–Kier alpha value is -0.770. The van der Waals surface area contributed by atoms with E-state index in [9.17, 15) is 0 Å². The Morgan fingerprint density at radius 1 is 1.08 bits per heavy atom. The number of hydrogen-bond donors (Lipinski definition) is 1. The van der Waals surface area contributed by atoms with Gasteiger partial charge in [0, 0.05) is 39.4 Å². The molecule has 2 aliphatic carbocycles. The summed E-state index contributed by atoms with van der Waals surface area (Å²) in [5.41, 5.74) is 1.03. The fourth-order valence-corrected chi connectivity index (χ4v) is 4.91. The maximum absolute atomic E-state index is 5.65. The Kier molecular flexibility index (Phi) is 6.07. The van der Waals surface area contributed by atoms with E-state index in [0.717, 1.165) is 26.3 Å². The number of hydrogen-bond acceptors (Lipinski definition) is 2. The van der Waals surface area contributed by atoms with Gasteiger partial charge in [-0.25, -0.2) is 0 Å². The van der Waals surface area contributed by atoms with E-state index in [1.807, 2.05) is 0 Å². The summed E-state index contributed by atoms with van der Waals surface area (Å²) in [6.07, 6.45) is 12.2. The van der Waals surface area contributed by atoms with Crippen LogP contribution in [-0.2, 0) is 4.74 Å². The smallest absolute Gasteiger partial charge is 0.193 e. The molecule has 0 bridgehead atoms. The average molecular weight is 336 g/mol. The molecule has 0 aromatic heterocycles. The standard InChI is InChI=1S/C20H37N3O/c1-3-21-18(23-14-12-20(17-23)10-7-11-20)22-16-19(8-5-6-9-19)13-15-24-4-2/h3-17H2,1-2H3,(H,21,22). The first kappa shape index (κ1) is 18.0. The molecule has 1 aliphatic heterocycles. The zero-order chi connectivity index (χ0) is 16.9. The first-order valence-corrected chi connectivity index (χ1v) is 10.3. The second-order valence-corrected chi connectivity index (χ2v) is 8.35. The average Bonchev–Trinajstić information content (AvgIpc) is 3.19. The molecule has 4 heteroatoms. The van der Waals surface area contributed by atoms with E-state index in [0.29, 0.717) is 10.8 Å². The summed E-state index contributed by atoms with van der Waals surface area (Å²) in [4.78, 5) is 7.66. The van der Waals surface area contributed by atoms with Crippen molar-refractivity contribution >= 4 is 5.96 Å². The molecular formula is C20H37N3O. The molecule has 138 valence electrons. The molecule has 1 heterocycles. The Balaban J connectivity index is 1.61. The number of likely N-dealkylation sites (tertiary alicyclic amines) is 1. The van der Waals surface area contributed by atoms with Crippen molar-refractivity contribution in [1.82, 2.24) is 10.2 Å². The summed E-state index contributed by atoms with van der Waals surface area (Å²) in [6, 6.07) is 0. The first-order valence-electron chi connectivity index (χ1n) is 10.3. The molecule has 2 saturated carbocycles. The summed E-state index contributed by atoms with van der Waals surface area (Å²) in [7, 11) is 0. The third kappa shape index (κ3) is 4.07. The van der Waals surface area contributed by atoms with Crippen LogP contribution in [0.3, 0.4) is 0 Å². The highest BCUT2D eigenvalue weighted by Gasteiger charge is 2.43.